The van der Waals surface area contributed by atoms with Gasteiger partial charge >= 0.3 is 0 Å². The van der Waals surface area contributed by atoms with Gasteiger partial charge in [0, 0.05) is 31.0 Å². The van der Waals surface area contributed by atoms with Gasteiger partial charge in [-0.1, -0.05) is 25.5 Å². The van der Waals surface area contributed by atoms with Gasteiger partial charge in [-0.3, -0.25) is 14.6 Å². The number of benzene rings is 1. The van der Waals surface area contributed by atoms with E-state index in [1.165, 1.54) is 12.3 Å². The molecule has 5 nitrogen and oxygen atoms in total. The Labute approximate surface area is 142 Å². The van der Waals surface area contributed by atoms with Crippen LogP contribution < -0.4 is 5.32 Å². The fourth-order valence-electron chi connectivity index (χ4n) is 2.32. The van der Waals surface area contributed by atoms with Gasteiger partial charge in [0.15, 0.2) is 0 Å². The minimum Gasteiger partial charge on any atom is -0.342 e. The number of aromatic nitrogens is 1. The summed E-state index contributed by atoms with van der Waals surface area (Å²) in [6.07, 6.45) is 3.47. The van der Waals surface area contributed by atoms with E-state index in [0.29, 0.717) is 17.8 Å². The number of rotatable bonds is 6. The number of hydrogen-bond donors (Lipinski definition) is 1. The van der Waals surface area contributed by atoms with Crippen molar-refractivity contribution in [2.24, 2.45) is 0 Å². The molecule has 0 fully saturated rings. The molecule has 0 atom stereocenters. The summed E-state index contributed by atoms with van der Waals surface area (Å²) in [6.45, 7) is 4.74. The van der Waals surface area contributed by atoms with Gasteiger partial charge in [-0.15, -0.1) is 0 Å². The number of nitrogens with zero attached hydrogens (tertiary/aromatic N) is 2. The predicted molar refractivity (Wildman–Crippen MR) is 95.2 cm³/mol. The minimum absolute atomic E-state index is 0.101. The lowest BCUT2D eigenvalue weighted by Crippen LogP contribution is -2.28. The Morgan fingerprint density at radius 2 is 2.00 bits per heavy atom. The van der Waals surface area contributed by atoms with Crippen LogP contribution in [0.4, 0.5) is 5.69 Å². The molecule has 2 amide bonds. The van der Waals surface area contributed by atoms with Gasteiger partial charge < -0.3 is 10.2 Å². The summed E-state index contributed by atoms with van der Waals surface area (Å²) in [5, 5.41) is 2.80. The van der Waals surface area contributed by atoms with E-state index < -0.39 is 0 Å². The summed E-state index contributed by atoms with van der Waals surface area (Å²) >= 11 is 0. The van der Waals surface area contributed by atoms with Gasteiger partial charge in [-0.25, -0.2) is 0 Å². The molecule has 0 saturated heterocycles. The van der Waals surface area contributed by atoms with Crippen LogP contribution in [0.25, 0.3) is 0 Å². The fraction of sp³-hybridized carbons (Fsp3) is 0.316. The number of pyridine rings is 1. The molecular formula is C19H23N3O2. The molecule has 0 aliphatic carbocycles. The number of anilines is 1. The fourth-order valence-corrected chi connectivity index (χ4v) is 2.32. The summed E-state index contributed by atoms with van der Waals surface area (Å²) in [4.78, 5) is 30.5. The number of hydrogen-bond acceptors (Lipinski definition) is 3. The van der Waals surface area contributed by atoms with Crippen LogP contribution in [0.2, 0.25) is 0 Å². The van der Waals surface area contributed by atoms with Crippen molar-refractivity contribution in [3.05, 3.63) is 59.4 Å². The molecule has 126 valence electrons. The van der Waals surface area contributed by atoms with Crippen LogP contribution in [0.3, 0.4) is 0 Å². The van der Waals surface area contributed by atoms with Crippen molar-refractivity contribution < 1.29 is 9.59 Å². The second kappa shape index (κ2) is 8.24. The highest BCUT2D eigenvalue weighted by Gasteiger charge is 2.15. The second-order valence-electron chi connectivity index (χ2n) is 5.83. The van der Waals surface area contributed by atoms with Gasteiger partial charge in [0.1, 0.15) is 5.69 Å². The van der Waals surface area contributed by atoms with Gasteiger partial charge in [0.25, 0.3) is 11.8 Å². The Morgan fingerprint density at radius 3 is 2.71 bits per heavy atom. The van der Waals surface area contributed by atoms with Crippen LogP contribution in [0, 0.1) is 6.92 Å². The Balaban J connectivity index is 2.11. The third-order valence-corrected chi connectivity index (χ3v) is 3.71. The zero-order chi connectivity index (χ0) is 17.5. The first-order chi connectivity index (χ1) is 11.5. The lowest BCUT2D eigenvalue weighted by molar-refractivity contribution is 0.0793. The van der Waals surface area contributed by atoms with E-state index in [2.05, 4.69) is 17.2 Å². The Morgan fingerprint density at radius 1 is 1.21 bits per heavy atom. The van der Waals surface area contributed by atoms with E-state index in [9.17, 15) is 9.59 Å². The molecule has 0 bridgehead atoms. The first kappa shape index (κ1) is 17.7. The van der Waals surface area contributed by atoms with E-state index in [0.717, 1.165) is 18.4 Å². The summed E-state index contributed by atoms with van der Waals surface area (Å²) in [6, 6.07) is 10.7. The first-order valence-corrected chi connectivity index (χ1v) is 8.10. The Kier molecular flexibility index (Phi) is 6.07. The molecule has 0 aliphatic rings. The maximum atomic E-state index is 12.4. The quantitative estimate of drug-likeness (QED) is 0.884. The number of aryl methyl sites for hydroxylation is 1. The number of nitrogens with one attached hydrogen (secondary N) is 1. The molecule has 5 heteroatoms. The highest BCUT2D eigenvalue weighted by molar-refractivity contribution is 6.04. The number of carbonyl (C=O) groups excluding carboxylic acids is 2. The molecule has 24 heavy (non-hydrogen) atoms. The number of amides is 2. The van der Waals surface area contributed by atoms with Gasteiger partial charge in [-0.05, 0) is 43.2 Å². The normalized spacial score (nSPS) is 10.3. The van der Waals surface area contributed by atoms with Crippen molar-refractivity contribution >= 4 is 17.5 Å². The van der Waals surface area contributed by atoms with E-state index in [4.69, 9.17) is 0 Å². The lowest BCUT2D eigenvalue weighted by atomic mass is 10.2. The van der Waals surface area contributed by atoms with E-state index in [-0.39, 0.29) is 17.5 Å². The van der Waals surface area contributed by atoms with Crippen molar-refractivity contribution in [2.45, 2.75) is 26.7 Å². The molecule has 0 unspecified atom stereocenters. The van der Waals surface area contributed by atoms with E-state index in [1.807, 2.05) is 31.2 Å². The molecule has 1 heterocycles. The van der Waals surface area contributed by atoms with Gasteiger partial charge in [-0.2, -0.15) is 0 Å². The van der Waals surface area contributed by atoms with Crippen LogP contribution in [-0.4, -0.2) is 35.3 Å². The van der Waals surface area contributed by atoms with Crippen molar-refractivity contribution in [1.82, 2.24) is 9.88 Å². The summed E-state index contributed by atoms with van der Waals surface area (Å²) < 4.78 is 0. The molecule has 0 aliphatic heterocycles. The van der Waals surface area contributed by atoms with Crippen LogP contribution in [0.15, 0.2) is 42.6 Å². The average molecular weight is 325 g/mol. The van der Waals surface area contributed by atoms with Crippen molar-refractivity contribution in [3.63, 3.8) is 0 Å². The van der Waals surface area contributed by atoms with Crippen LogP contribution in [0.1, 0.15) is 46.2 Å². The highest BCUT2D eigenvalue weighted by atomic mass is 16.2. The first-order valence-electron chi connectivity index (χ1n) is 8.10. The molecule has 0 radical (unpaired) electrons. The number of carbonyl (C=O) groups is 2. The third kappa shape index (κ3) is 4.65. The number of unbranched alkanes of at least 4 members (excludes halogenated alkanes) is 1. The summed E-state index contributed by atoms with van der Waals surface area (Å²) in [5.41, 5.74) is 2.46. The molecule has 2 aromatic rings. The smallest absolute Gasteiger partial charge is 0.274 e. The van der Waals surface area contributed by atoms with Crippen molar-refractivity contribution in [3.8, 4) is 0 Å². The third-order valence-electron chi connectivity index (χ3n) is 3.71. The standard InChI is InChI=1S/C19H23N3O2/c1-4-5-11-22(3)19(24)15-9-10-20-17(13-15)18(23)21-16-8-6-7-14(2)12-16/h6-10,12-13H,4-5,11H2,1-3H3,(H,21,23). The molecule has 1 N–H and O–H groups in total. The Hall–Kier alpha value is -2.69. The van der Waals surface area contributed by atoms with E-state index in [1.54, 1.807) is 18.0 Å². The van der Waals surface area contributed by atoms with Gasteiger partial charge in [0.05, 0.1) is 0 Å². The topological polar surface area (TPSA) is 62.3 Å². The zero-order valence-electron chi connectivity index (χ0n) is 14.4. The molecule has 1 aromatic carbocycles. The largest absolute Gasteiger partial charge is 0.342 e. The lowest BCUT2D eigenvalue weighted by Gasteiger charge is -2.17. The summed E-state index contributed by atoms with van der Waals surface area (Å²) in [5.74, 6) is -0.429. The molecule has 2 rings (SSSR count). The molecule has 1 aromatic heterocycles. The SMILES string of the molecule is CCCCN(C)C(=O)c1ccnc(C(=O)Nc2cccc(C)c2)c1. The molecule has 0 spiro atoms. The van der Waals surface area contributed by atoms with Crippen molar-refractivity contribution in [1.29, 1.82) is 0 Å². The highest BCUT2D eigenvalue weighted by Crippen LogP contribution is 2.12. The Bertz CT molecular complexity index is 728. The van der Waals surface area contributed by atoms with Crippen LogP contribution in [0.5, 0.6) is 0 Å². The maximum Gasteiger partial charge on any atom is 0.274 e. The zero-order valence-corrected chi connectivity index (χ0v) is 14.4. The average Bonchev–Trinajstić information content (AvgIpc) is 2.59. The minimum atomic E-state index is -0.327. The molecule has 0 saturated carbocycles. The molecular weight excluding hydrogens is 302 g/mol. The maximum absolute atomic E-state index is 12.4. The predicted octanol–water partition coefficient (Wildman–Crippen LogP) is 3.51. The second-order valence-corrected chi connectivity index (χ2v) is 5.83. The van der Waals surface area contributed by atoms with E-state index >= 15 is 0 Å². The van der Waals surface area contributed by atoms with Gasteiger partial charge in [0.2, 0.25) is 0 Å². The summed E-state index contributed by atoms with van der Waals surface area (Å²) in [7, 11) is 1.77. The van der Waals surface area contributed by atoms with Crippen molar-refractivity contribution in [2.75, 3.05) is 18.9 Å². The monoisotopic (exact) mass is 325 g/mol. The van der Waals surface area contributed by atoms with Crippen LogP contribution >= 0.6 is 0 Å². The van der Waals surface area contributed by atoms with Crippen LogP contribution in [-0.2, 0) is 0 Å².